The lowest BCUT2D eigenvalue weighted by molar-refractivity contribution is -0.139. The largest absolute Gasteiger partial charge is 0.485 e. The van der Waals surface area contributed by atoms with Crippen LogP contribution in [-0.4, -0.2) is 12.4 Å². The van der Waals surface area contributed by atoms with Gasteiger partial charge in [-0.1, -0.05) is 42.5 Å². The second-order valence-electron chi connectivity index (χ2n) is 4.48. The van der Waals surface area contributed by atoms with E-state index in [4.69, 9.17) is 4.74 Å². The van der Waals surface area contributed by atoms with Crippen LogP contribution >= 0.6 is 0 Å². The van der Waals surface area contributed by atoms with Crippen LogP contribution in [0.2, 0.25) is 0 Å². The van der Waals surface area contributed by atoms with E-state index >= 15 is 0 Å². The monoisotopic (exact) mass is 294 g/mol. The Labute approximate surface area is 120 Å². The van der Waals surface area contributed by atoms with Crippen molar-refractivity contribution in [3.05, 3.63) is 65.7 Å². The number of alkyl halides is 3. The van der Waals surface area contributed by atoms with Crippen molar-refractivity contribution in [3.8, 4) is 5.75 Å². The third-order valence-electron chi connectivity index (χ3n) is 2.83. The van der Waals surface area contributed by atoms with Crippen LogP contribution < -0.4 is 4.74 Å². The van der Waals surface area contributed by atoms with Crippen LogP contribution in [-0.2, 0) is 17.4 Å². The normalized spacial score (nSPS) is 11.2. The molecule has 0 spiro atoms. The summed E-state index contributed by atoms with van der Waals surface area (Å²) >= 11 is 0. The minimum atomic E-state index is -4.50. The Bertz CT molecular complexity index is 606. The molecule has 21 heavy (non-hydrogen) atoms. The summed E-state index contributed by atoms with van der Waals surface area (Å²) in [5, 5.41) is 0. The predicted octanol–water partition coefficient (Wildman–Crippen LogP) is 3.90. The summed E-state index contributed by atoms with van der Waals surface area (Å²) in [6.07, 6.45) is -4.37. The van der Waals surface area contributed by atoms with Gasteiger partial charge in [0, 0.05) is 6.42 Å². The van der Waals surface area contributed by atoms with E-state index in [1.807, 2.05) is 6.07 Å². The summed E-state index contributed by atoms with van der Waals surface area (Å²) in [6.45, 7) is -0.387. The molecule has 0 saturated heterocycles. The zero-order chi connectivity index (χ0) is 15.3. The number of carbonyl (C=O) groups is 1. The Hall–Kier alpha value is -2.30. The number of hydrogen-bond acceptors (Lipinski definition) is 2. The fraction of sp³-hybridized carbons (Fsp3) is 0.188. The number of ketones is 1. The van der Waals surface area contributed by atoms with E-state index in [-0.39, 0.29) is 24.6 Å². The van der Waals surface area contributed by atoms with Crippen molar-refractivity contribution in [2.45, 2.75) is 12.6 Å². The minimum Gasteiger partial charge on any atom is -0.485 e. The molecule has 2 rings (SSSR count). The Morgan fingerprint density at radius 3 is 2.24 bits per heavy atom. The maximum absolute atomic E-state index is 12.8. The minimum absolute atomic E-state index is 0.134. The lowest BCUT2D eigenvalue weighted by Gasteiger charge is -2.13. The molecule has 2 nitrogen and oxygen atoms in total. The standard InChI is InChI=1S/C16H13F3O2/c17-16(18,19)14-8-4-5-9-15(14)21-11-13(20)10-12-6-2-1-3-7-12/h1-9H,10-11H2. The Kier molecular flexibility index (Phi) is 4.62. The second kappa shape index (κ2) is 6.43. The molecule has 5 heteroatoms. The van der Waals surface area contributed by atoms with Crippen molar-refractivity contribution in [2.75, 3.05) is 6.61 Å². The fourth-order valence-electron chi connectivity index (χ4n) is 1.86. The Morgan fingerprint density at radius 1 is 0.952 bits per heavy atom. The highest BCUT2D eigenvalue weighted by atomic mass is 19.4. The molecule has 0 saturated carbocycles. The molecule has 110 valence electrons. The van der Waals surface area contributed by atoms with Gasteiger partial charge in [0.25, 0.3) is 0 Å². The lowest BCUT2D eigenvalue weighted by atomic mass is 10.1. The van der Waals surface area contributed by atoms with E-state index in [1.165, 1.54) is 18.2 Å². The van der Waals surface area contributed by atoms with Gasteiger partial charge in [0.15, 0.2) is 5.78 Å². The molecule has 0 heterocycles. The molecule has 0 aliphatic carbocycles. The van der Waals surface area contributed by atoms with Gasteiger partial charge in [-0.05, 0) is 17.7 Å². The third kappa shape index (κ3) is 4.34. The number of carbonyl (C=O) groups excluding carboxylic acids is 1. The molecular formula is C16H13F3O2. The molecule has 2 aromatic rings. The Morgan fingerprint density at radius 2 is 1.57 bits per heavy atom. The lowest BCUT2D eigenvalue weighted by Crippen LogP contribution is -2.16. The van der Waals surface area contributed by atoms with E-state index in [0.717, 1.165) is 11.6 Å². The predicted molar refractivity (Wildman–Crippen MR) is 72.1 cm³/mol. The first-order chi connectivity index (χ1) is 9.97. The summed E-state index contributed by atoms with van der Waals surface area (Å²) in [5.41, 5.74) is -0.0762. The van der Waals surface area contributed by atoms with Crippen LogP contribution in [0.1, 0.15) is 11.1 Å². The SMILES string of the molecule is O=C(COc1ccccc1C(F)(F)F)Cc1ccccc1. The van der Waals surface area contributed by atoms with Crippen molar-refractivity contribution in [3.63, 3.8) is 0 Å². The molecule has 2 aromatic carbocycles. The topological polar surface area (TPSA) is 26.3 Å². The molecule has 0 aliphatic heterocycles. The first kappa shape index (κ1) is 15.1. The summed E-state index contributed by atoms with van der Waals surface area (Å²) in [6, 6.07) is 13.8. The van der Waals surface area contributed by atoms with E-state index < -0.39 is 11.7 Å². The average Bonchev–Trinajstić information content (AvgIpc) is 2.45. The zero-order valence-corrected chi connectivity index (χ0v) is 11.1. The van der Waals surface area contributed by atoms with Crippen LogP contribution in [0.15, 0.2) is 54.6 Å². The van der Waals surface area contributed by atoms with Gasteiger partial charge in [0.05, 0.1) is 5.56 Å². The molecule has 0 N–H and O–H groups in total. The van der Waals surface area contributed by atoms with Crippen LogP contribution in [0, 0.1) is 0 Å². The smallest absolute Gasteiger partial charge is 0.419 e. The molecule has 0 unspecified atom stereocenters. The number of rotatable bonds is 5. The molecular weight excluding hydrogens is 281 g/mol. The fourth-order valence-corrected chi connectivity index (χ4v) is 1.86. The maximum atomic E-state index is 12.8. The quantitative estimate of drug-likeness (QED) is 0.836. The molecule has 0 atom stereocenters. The van der Waals surface area contributed by atoms with Crippen LogP contribution in [0.25, 0.3) is 0 Å². The van der Waals surface area contributed by atoms with Crippen LogP contribution in [0.4, 0.5) is 13.2 Å². The number of ether oxygens (including phenoxy) is 1. The summed E-state index contributed by atoms with van der Waals surface area (Å²) in [7, 11) is 0. The first-order valence-corrected chi connectivity index (χ1v) is 6.31. The van der Waals surface area contributed by atoms with Gasteiger partial charge in [-0.2, -0.15) is 13.2 Å². The number of para-hydroxylation sites is 1. The molecule has 0 bridgehead atoms. The summed E-state index contributed by atoms with van der Waals surface area (Å²) < 4.78 is 43.3. The van der Waals surface area contributed by atoms with Crippen molar-refractivity contribution in [2.24, 2.45) is 0 Å². The van der Waals surface area contributed by atoms with Gasteiger partial charge in [-0.15, -0.1) is 0 Å². The molecule has 0 fully saturated rings. The van der Waals surface area contributed by atoms with Crippen LogP contribution in [0.3, 0.4) is 0 Å². The van der Waals surface area contributed by atoms with Gasteiger partial charge in [0.2, 0.25) is 0 Å². The second-order valence-corrected chi connectivity index (χ2v) is 4.48. The van der Waals surface area contributed by atoms with Gasteiger partial charge in [-0.3, -0.25) is 4.79 Å². The van der Waals surface area contributed by atoms with Crippen molar-refractivity contribution in [1.29, 1.82) is 0 Å². The zero-order valence-electron chi connectivity index (χ0n) is 11.1. The van der Waals surface area contributed by atoms with Gasteiger partial charge < -0.3 is 4.74 Å². The number of halogens is 3. The van der Waals surface area contributed by atoms with Gasteiger partial charge in [0.1, 0.15) is 12.4 Å². The number of benzene rings is 2. The maximum Gasteiger partial charge on any atom is 0.419 e. The average molecular weight is 294 g/mol. The molecule has 0 aliphatic rings. The first-order valence-electron chi connectivity index (χ1n) is 6.31. The van der Waals surface area contributed by atoms with E-state index in [9.17, 15) is 18.0 Å². The molecule has 0 radical (unpaired) electrons. The molecule has 0 aromatic heterocycles. The highest BCUT2D eigenvalue weighted by Gasteiger charge is 2.34. The Balaban J connectivity index is 1.99. The van der Waals surface area contributed by atoms with Crippen molar-refractivity contribution >= 4 is 5.78 Å². The molecule has 0 amide bonds. The van der Waals surface area contributed by atoms with E-state index in [0.29, 0.717) is 0 Å². The highest BCUT2D eigenvalue weighted by molar-refractivity contribution is 5.82. The number of hydrogen-bond donors (Lipinski definition) is 0. The van der Waals surface area contributed by atoms with Gasteiger partial charge >= 0.3 is 6.18 Å². The van der Waals surface area contributed by atoms with Crippen molar-refractivity contribution in [1.82, 2.24) is 0 Å². The summed E-state index contributed by atoms with van der Waals surface area (Å²) in [5.74, 6) is -0.607. The van der Waals surface area contributed by atoms with Crippen LogP contribution in [0.5, 0.6) is 5.75 Å². The van der Waals surface area contributed by atoms with Gasteiger partial charge in [-0.25, -0.2) is 0 Å². The summed E-state index contributed by atoms with van der Waals surface area (Å²) in [4.78, 5) is 11.7. The highest BCUT2D eigenvalue weighted by Crippen LogP contribution is 2.35. The van der Waals surface area contributed by atoms with Crippen molar-refractivity contribution < 1.29 is 22.7 Å². The van der Waals surface area contributed by atoms with E-state index in [1.54, 1.807) is 24.3 Å². The third-order valence-corrected chi connectivity index (χ3v) is 2.83. The van der Waals surface area contributed by atoms with E-state index in [2.05, 4.69) is 0 Å². The number of Topliss-reactive ketones (excluding diaryl/α,β-unsaturated/α-hetero) is 1.